The van der Waals surface area contributed by atoms with Crippen molar-refractivity contribution in [2.45, 2.75) is 6.36 Å². The van der Waals surface area contributed by atoms with Gasteiger partial charge in [-0.15, -0.1) is 13.2 Å². The van der Waals surface area contributed by atoms with Gasteiger partial charge in [0.15, 0.2) is 0 Å². The number of anilines is 1. The Balaban J connectivity index is 1.65. The lowest BCUT2D eigenvalue weighted by Gasteiger charge is -2.11. The summed E-state index contributed by atoms with van der Waals surface area (Å²) in [7, 11) is 0. The summed E-state index contributed by atoms with van der Waals surface area (Å²) in [6.07, 6.45) is -1.62. The van der Waals surface area contributed by atoms with E-state index in [4.69, 9.17) is 4.42 Å². The number of rotatable bonds is 4. The smallest absolute Gasteiger partial charge is 0.456 e. The quantitative estimate of drug-likeness (QED) is 0.542. The number of nitrogens with zero attached hydrogens (tertiary/aromatic N) is 1. The molecule has 0 radical (unpaired) electrons. The molecule has 8 heteroatoms. The van der Waals surface area contributed by atoms with E-state index in [2.05, 4.69) is 15.0 Å². The van der Waals surface area contributed by atoms with E-state index in [-0.39, 0.29) is 5.69 Å². The first-order valence-corrected chi connectivity index (χ1v) is 7.83. The number of ether oxygens (including phenoxy) is 1. The molecule has 3 aromatic heterocycles. The number of amides is 1. The highest BCUT2D eigenvalue weighted by Crippen LogP contribution is 2.37. The van der Waals surface area contributed by atoms with E-state index in [1.807, 2.05) is 0 Å². The van der Waals surface area contributed by atoms with Crippen molar-refractivity contribution in [3.05, 3.63) is 66.5 Å². The van der Waals surface area contributed by atoms with Gasteiger partial charge in [0, 0.05) is 29.7 Å². The number of hydrogen-bond donors (Lipinski definition) is 1. The van der Waals surface area contributed by atoms with E-state index >= 15 is 0 Å². The molecule has 1 N–H and O–H groups in total. The number of furan rings is 2. The average molecular weight is 372 g/mol. The number of nitrogens with one attached hydrogen (secondary N) is 1. The molecule has 0 aliphatic rings. The van der Waals surface area contributed by atoms with Crippen LogP contribution in [0.2, 0.25) is 0 Å². The van der Waals surface area contributed by atoms with Crippen molar-refractivity contribution in [1.82, 2.24) is 4.98 Å². The first kappa shape index (κ1) is 16.9. The molecule has 136 valence electrons. The standard InChI is InChI=1S/C19H11F3N2O3/c20-19(21,22)27-13-3-1-2-12(10-13)24-18(25)17-15-5-4-14(26-15)16(17)11-6-8-23-9-7-11/h1-10H,(H,24,25). The number of halogens is 3. The molecule has 0 spiro atoms. The first-order chi connectivity index (χ1) is 12.9. The number of pyridine rings is 1. The Morgan fingerprint density at radius 3 is 2.52 bits per heavy atom. The number of aromatic nitrogens is 1. The van der Waals surface area contributed by atoms with E-state index in [0.29, 0.717) is 22.3 Å². The van der Waals surface area contributed by atoms with Gasteiger partial charge in [-0.3, -0.25) is 9.78 Å². The van der Waals surface area contributed by atoms with E-state index in [0.717, 1.165) is 17.7 Å². The second-order valence-corrected chi connectivity index (χ2v) is 5.68. The Hall–Kier alpha value is -3.55. The number of benzene rings is 2. The van der Waals surface area contributed by atoms with Crippen LogP contribution in [0.25, 0.3) is 22.3 Å². The molecule has 0 atom stereocenters. The highest BCUT2D eigenvalue weighted by Gasteiger charge is 2.31. The van der Waals surface area contributed by atoms with Gasteiger partial charge in [-0.2, -0.15) is 0 Å². The molecule has 4 rings (SSSR count). The van der Waals surface area contributed by atoms with E-state index < -0.39 is 18.0 Å². The fourth-order valence-corrected chi connectivity index (χ4v) is 2.85. The number of hydrogen-bond acceptors (Lipinski definition) is 4. The molecule has 4 aromatic rings. The summed E-state index contributed by atoms with van der Waals surface area (Å²) in [4.78, 5) is 16.7. The molecule has 0 aliphatic heterocycles. The lowest BCUT2D eigenvalue weighted by molar-refractivity contribution is -0.274. The Morgan fingerprint density at radius 2 is 1.78 bits per heavy atom. The van der Waals surface area contributed by atoms with Crippen LogP contribution in [0, 0.1) is 0 Å². The van der Waals surface area contributed by atoms with Crippen LogP contribution in [0.3, 0.4) is 0 Å². The van der Waals surface area contributed by atoms with E-state index in [1.54, 1.807) is 36.7 Å². The van der Waals surface area contributed by atoms with Gasteiger partial charge in [-0.25, -0.2) is 0 Å². The van der Waals surface area contributed by atoms with Crippen molar-refractivity contribution in [2.75, 3.05) is 5.32 Å². The summed E-state index contributed by atoms with van der Waals surface area (Å²) < 4.78 is 46.6. The minimum atomic E-state index is -4.81. The molecular weight excluding hydrogens is 361 g/mol. The van der Waals surface area contributed by atoms with Gasteiger partial charge < -0.3 is 14.5 Å². The summed E-state index contributed by atoms with van der Waals surface area (Å²) >= 11 is 0. The van der Waals surface area contributed by atoms with Crippen molar-refractivity contribution in [1.29, 1.82) is 0 Å². The molecule has 0 unspecified atom stereocenters. The zero-order chi connectivity index (χ0) is 19.0. The third kappa shape index (κ3) is 3.41. The van der Waals surface area contributed by atoms with Gasteiger partial charge in [0.05, 0.1) is 5.56 Å². The second kappa shape index (κ2) is 6.31. The average Bonchev–Trinajstić information content (AvgIpc) is 3.22. The van der Waals surface area contributed by atoms with Crippen LogP contribution in [-0.4, -0.2) is 17.3 Å². The van der Waals surface area contributed by atoms with Crippen LogP contribution in [0.1, 0.15) is 10.4 Å². The maximum Gasteiger partial charge on any atom is 0.573 e. The summed E-state index contributed by atoms with van der Waals surface area (Å²) in [6.45, 7) is 0. The zero-order valence-electron chi connectivity index (χ0n) is 13.6. The van der Waals surface area contributed by atoms with Crippen LogP contribution in [0.15, 0.2) is 65.3 Å². The Morgan fingerprint density at radius 1 is 1.04 bits per heavy atom. The number of fused-ring (bicyclic) bond motifs is 2. The summed E-state index contributed by atoms with van der Waals surface area (Å²) in [5, 5.41) is 2.59. The third-order valence-corrected chi connectivity index (χ3v) is 3.87. The molecule has 0 saturated heterocycles. The van der Waals surface area contributed by atoms with Crippen molar-refractivity contribution >= 4 is 22.8 Å². The van der Waals surface area contributed by atoms with Crippen LogP contribution in [0.4, 0.5) is 18.9 Å². The van der Waals surface area contributed by atoms with Gasteiger partial charge in [-0.05, 0) is 42.0 Å². The zero-order valence-corrected chi connectivity index (χ0v) is 13.6. The van der Waals surface area contributed by atoms with Gasteiger partial charge in [-0.1, -0.05) is 6.07 Å². The maximum absolute atomic E-state index is 12.8. The monoisotopic (exact) mass is 372 g/mol. The van der Waals surface area contributed by atoms with Gasteiger partial charge in [0.1, 0.15) is 16.9 Å². The highest BCUT2D eigenvalue weighted by molar-refractivity contribution is 6.16. The number of alkyl halides is 3. The van der Waals surface area contributed by atoms with E-state index in [1.165, 1.54) is 12.1 Å². The molecule has 0 fully saturated rings. The molecule has 2 bridgehead atoms. The van der Waals surface area contributed by atoms with Gasteiger partial charge >= 0.3 is 6.36 Å². The van der Waals surface area contributed by atoms with Crippen LogP contribution < -0.4 is 10.1 Å². The largest absolute Gasteiger partial charge is 0.573 e. The summed E-state index contributed by atoms with van der Waals surface area (Å²) in [5.74, 6) is -0.921. The fourth-order valence-electron chi connectivity index (χ4n) is 2.85. The van der Waals surface area contributed by atoms with Crippen molar-refractivity contribution in [3.8, 4) is 16.9 Å². The second-order valence-electron chi connectivity index (χ2n) is 5.68. The van der Waals surface area contributed by atoms with Crippen molar-refractivity contribution in [2.24, 2.45) is 0 Å². The molecular formula is C19H11F3N2O3. The Bertz CT molecular complexity index is 1090. The number of carbonyl (C=O) groups is 1. The minimum absolute atomic E-state index is 0.167. The van der Waals surface area contributed by atoms with Gasteiger partial charge in [0.2, 0.25) is 0 Å². The molecule has 27 heavy (non-hydrogen) atoms. The topological polar surface area (TPSA) is 64.4 Å². The lowest BCUT2D eigenvalue weighted by atomic mass is 10.00. The molecule has 5 nitrogen and oxygen atoms in total. The molecule has 1 aromatic carbocycles. The van der Waals surface area contributed by atoms with Crippen LogP contribution >= 0.6 is 0 Å². The van der Waals surface area contributed by atoms with Crippen molar-refractivity contribution < 1.29 is 27.1 Å². The van der Waals surface area contributed by atoms with Crippen LogP contribution in [-0.2, 0) is 0 Å². The first-order valence-electron chi connectivity index (χ1n) is 7.83. The Labute approximate surface area is 150 Å². The predicted octanol–water partition coefficient (Wildman–Crippen LogP) is 5.08. The van der Waals surface area contributed by atoms with Crippen LogP contribution in [0.5, 0.6) is 5.75 Å². The summed E-state index contributed by atoms with van der Waals surface area (Å²) in [6, 6.07) is 12.0. The minimum Gasteiger partial charge on any atom is -0.456 e. The molecule has 0 saturated carbocycles. The Kier molecular flexibility index (Phi) is 3.95. The molecule has 0 aliphatic carbocycles. The molecule has 3 heterocycles. The molecule has 1 amide bonds. The maximum atomic E-state index is 12.8. The van der Waals surface area contributed by atoms with E-state index in [9.17, 15) is 18.0 Å². The lowest BCUT2D eigenvalue weighted by Crippen LogP contribution is -2.17. The van der Waals surface area contributed by atoms with Crippen molar-refractivity contribution in [3.63, 3.8) is 0 Å². The highest BCUT2D eigenvalue weighted by atomic mass is 19.4. The summed E-state index contributed by atoms with van der Waals surface area (Å²) in [5.41, 5.74) is 2.75. The SMILES string of the molecule is O=C(Nc1cccc(OC(F)(F)F)c1)c1c(-c2ccncc2)c2ccc1o2. The third-order valence-electron chi connectivity index (χ3n) is 3.87. The predicted molar refractivity (Wildman–Crippen MR) is 91.7 cm³/mol. The number of carbonyl (C=O) groups excluding carboxylic acids is 1. The fraction of sp³-hybridized carbons (Fsp3) is 0.0526. The normalized spacial score (nSPS) is 11.7. The van der Waals surface area contributed by atoms with Gasteiger partial charge in [0.25, 0.3) is 5.91 Å².